The summed E-state index contributed by atoms with van der Waals surface area (Å²) in [5.74, 6) is 2.03. The number of aromatic nitrogens is 3. The molecule has 1 aromatic heterocycles. The quantitative estimate of drug-likeness (QED) is 0.685. The van der Waals surface area contributed by atoms with Crippen LogP contribution in [0.25, 0.3) is 0 Å². The van der Waals surface area contributed by atoms with E-state index < -0.39 is 0 Å². The largest absolute Gasteiger partial charge is 0.353 e. The number of nitrogens with zero attached hydrogens (tertiary/aromatic N) is 4. The number of benzene rings is 1. The lowest BCUT2D eigenvalue weighted by molar-refractivity contribution is -0.118. The van der Waals surface area contributed by atoms with Crippen molar-refractivity contribution in [3.63, 3.8) is 0 Å². The van der Waals surface area contributed by atoms with Crippen LogP contribution in [0.2, 0.25) is 0 Å². The van der Waals surface area contributed by atoms with Crippen molar-refractivity contribution < 1.29 is 4.79 Å². The van der Waals surface area contributed by atoms with Crippen molar-refractivity contribution in [2.45, 2.75) is 43.4 Å². The van der Waals surface area contributed by atoms with Crippen molar-refractivity contribution in [2.24, 2.45) is 0 Å². The molecule has 1 aliphatic carbocycles. The number of amides is 1. The summed E-state index contributed by atoms with van der Waals surface area (Å²) in [6, 6.07) is 10.4. The molecule has 140 valence electrons. The second kappa shape index (κ2) is 8.68. The van der Waals surface area contributed by atoms with Crippen LogP contribution >= 0.6 is 11.8 Å². The van der Waals surface area contributed by atoms with Crippen molar-refractivity contribution in [3.05, 3.63) is 41.7 Å². The Morgan fingerprint density at radius 1 is 1.31 bits per heavy atom. The van der Waals surface area contributed by atoms with Gasteiger partial charge in [-0.05, 0) is 39.4 Å². The van der Waals surface area contributed by atoms with Gasteiger partial charge in [0.05, 0.1) is 11.8 Å². The molecule has 2 aromatic rings. The molecule has 3 rings (SSSR count). The molecule has 1 saturated carbocycles. The van der Waals surface area contributed by atoms with Crippen LogP contribution in [-0.4, -0.2) is 52.0 Å². The van der Waals surface area contributed by atoms with Gasteiger partial charge in [-0.2, -0.15) is 0 Å². The molecule has 0 aliphatic heterocycles. The molecule has 6 nitrogen and oxygen atoms in total. The average Bonchev–Trinajstić information content (AvgIpc) is 3.40. The lowest BCUT2D eigenvalue weighted by Gasteiger charge is -2.25. The van der Waals surface area contributed by atoms with E-state index in [1.807, 2.05) is 32.3 Å². The molecule has 1 heterocycles. The molecule has 0 radical (unpaired) electrons. The molecule has 1 fully saturated rings. The number of hydrogen-bond donors (Lipinski definition) is 1. The van der Waals surface area contributed by atoms with E-state index in [2.05, 4.69) is 44.0 Å². The van der Waals surface area contributed by atoms with Gasteiger partial charge >= 0.3 is 0 Å². The van der Waals surface area contributed by atoms with Crippen molar-refractivity contribution in [2.75, 3.05) is 26.4 Å². The van der Waals surface area contributed by atoms with Crippen LogP contribution in [0, 0.1) is 0 Å². The van der Waals surface area contributed by atoms with Gasteiger partial charge in [-0.25, -0.2) is 0 Å². The third-order valence-electron chi connectivity index (χ3n) is 4.64. The first kappa shape index (κ1) is 18.9. The average molecular weight is 374 g/mol. The molecule has 0 spiro atoms. The number of nitrogens with one attached hydrogen (secondary N) is 1. The Kier molecular flexibility index (Phi) is 6.32. The van der Waals surface area contributed by atoms with Crippen LogP contribution in [-0.2, 0) is 11.3 Å². The van der Waals surface area contributed by atoms with E-state index in [1.165, 1.54) is 30.2 Å². The molecule has 1 aromatic carbocycles. The SMILES string of the molecule is CCn1c(SCC(=O)NC[C@@H](c2ccccc2)N(C)C)nnc1C1CC1. The Morgan fingerprint density at radius 3 is 2.65 bits per heavy atom. The van der Waals surface area contributed by atoms with Gasteiger partial charge in [-0.1, -0.05) is 42.1 Å². The summed E-state index contributed by atoms with van der Waals surface area (Å²) in [7, 11) is 4.06. The topological polar surface area (TPSA) is 63.1 Å². The van der Waals surface area contributed by atoms with Gasteiger partial charge in [0.15, 0.2) is 5.16 Å². The zero-order chi connectivity index (χ0) is 18.5. The predicted molar refractivity (Wildman–Crippen MR) is 104 cm³/mol. The molecule has 1 amide bonds. The molecule has 1 atom stereocenters. The number of thioether (sulfide) groups is 1. The van der Waals surface area contributed by atoms with Gasteiger partial charge < -0.3 is 14.8 Å². The Balaban J connectivity index is 1.52. The summed E-state index contributed by atoms with van der Waals surface area (Å²) in [6.45, 7) is 3.53. The Hall–Kier alpha value is -1.86. The summed E-state index contributed by atoms with van der Waals surface area (Å²) in [5.41, 5.74) is 1.20. The van der Waals surface area contributed by atoms with Crippen LogP contribution in [0.1, 0.15) is 43.1 Å². The van der Waals surface area contributed by atoms with Crippen LogP contribution < -0.4 is 5.32 Å². The highest BCUT2D eigenvalue weighted by molar-refractivity contribution is 7.99. The predicted octanol–water partition coefficient (Wildman–Crippen LogP) is 2.69. The van der Waals surface area contributed by atoms with Gasteiger partial charge in [-0.3, -0.25) is 4.79 Å². The maximum atomic E-state index is 12.3. The van der Waals surface area contributed by atoms with Gasteiger partial charge in [0.25, 0.3) is 0 Å². The van der Waals surface area contributed by atoms with Crippen molar-refractivity contribution in [3.8, 4) is 0 Å². The molecule has 0 unspecified atom stereocenters. The lowest BCUT2D eigenvalue weighted by Crippen LogP contribution is -2.35. The summed E-state index contributed by atoms with van der Waals surface area (Å²) >= 11 is 1.47. The molecule has 0 bridgehead atoms. The number of carbonyl (C=O) groups is 1. The van der Waals surface area contributed by atoms with Crippen LogP contribution in [0.4, 0.5) is 0 Å². The highest BCUT2D eigenvalue weighted by Crippen LogP contribution is 2.39. The van der Waals surface area contributed by atoms with Gasteiger partial charge in [0, 0.05) is 19.0 Å². The van der Waals surface area contributed by atoms with Gasteiger partial charge in [-0.15, -0.1) is 10.2 Å². The summed E-state index contributed by atoms with van der Waals surface area (Å²) in [5, 5.41) is 12.5. The van der Waals surface area contributed by atoms with Gasteiger partial charge in [0.2, 0.25) is 5.91 Å². The van der Waals surface area contributed by atoms with Crippen LogP contribution in [0.5, 0.6) is 0 Å². The number of likely N-dealkylation sites (N-methyl/N-ethyl adjacent to an activating group) is 1. The molecule has 1 N–H and O–H groups in total. The molecular weight excluding hydrogens is 346 g/mol. The van der Waals surface area contributed by atoms with Crippen molar-refractivity contribution >= 4 is 17.7 Å². The lowest BCUT2D eigenvalue weighted by atomic mass is 10.1. The minimum absolute atomic E-state index is 0.0245. The van der Waals surface area contributed by atoms with E-state index in [4.69, 9.17) is 0 Å². The molecule has 7 heteroatoms. The zero-order valence-corrected chi connectivity index (χ0v) is 16.5. The fourth-order valence-electron chi connectivity index (χ4n) is 3.01. The first-order valence-corrected chi connectivity index (χ1v) is 10.1. The molecular formula is C19H27N5OS. The second-order valence-corrected chi connectivity index (χ2v) is 7.78. The maximum Gasteiger partial charge on any atom is 0.230 e. The fourth-order valence-corrected chi connectivity index (χ4v) is 3.85. The van der Waals surface area contributed by atoms with E-state index in [0.717, 1.165) is 17.5 Å². The van der Waals surface area contributed by atoms with Crippen molar-refractivity contribution in [1.82, 2.24) is 25.0 Å². The number of hydrogen-bond acceptors (Lipinski definition) is 5. The maximum absolute atomic E-state index is 12.3. The number of carbonyl (C=O) groups excluding carboxylic acids is 1. The Morgan fingerprint density at radius 2 is 2.04 bits per heavy atom. The van der Waals surface area contributed by atoms with E-state index >= 15 is 0 Å². The zero-order valence-electron chi connectivity index (χ0n) is 15.7. The van der Waals surface area contributed by atoms with E-state index in [0.29, 0.717) is 18.2 Å². The van der Waals surface area contributed by atoms with E-state index in [1.54, 1.807) is 0 Å². The van der Waals surface area contributed by atoms with Crippen molar-refractivity contribution in [1.29, 1.82) is 0 Å². The fraction of sp³-hybridized carbons (Fsp3) is 0.526. The normalized spacial score (nSPS) is 15.2. The first-order chi connectivity index (χ1) is 12.6. The van der Waals surface area contributed by atoms with E-state index in [-0.39, 0.29) is 11.9 Å². The smallest absolute Gasteiger partial charge is 0.230 e. The van der Waals surface area contributed by atoms with Crippen LogP contribution in [0.3, 0.4) is 0 Å². The minimum atomic E-state index is 0.0245. The third kappa shape index (κ3) is 4.65. The molecule has 1 aliphatic rings. The number of rotatable bonds is 9. The molecule has 0 saturated heterocycles. The Bertz CT molecular complexity index is 727. The Labute approximate surface area is 159 Å². The monoisotopic (exact) mass is 373 g/mol. The highest BCUT2D eigenvalue weighted by Gasteiger charge is 2.30. The van der Waals surface area contributed by atoms with E-state index in [9.17, 15) is 4.79 Å². The van der Waals surface area contributed by atoms with Gasteiger partial charge in [0.1, 0.15) is 5.82 Å². The molecule has 26 heavy (non-hydrogen) atoms. The third-order valence-corrected chi connectivity index (χ3v) is 5.60. The minimum Gasteiger partial charge on any atom is -0.353 e. The second-order valence-electron chi connectivity index (χ2n) is 6.84. The summed E-state index contributed by atoms with van der Waals surface area (Å²) < 4.78 is 2.14. The van der Waals surface area contributed by atoms with Crippen LogP contribution in [0.15, 0.2) is 35.5 Å². The first-order valence-electron chi connectivity index (χ1n) is 9.14. The standard InChI is InChI=1S/C19H27N5OS/c1-4-24-18(15-10-11-15)21-22-19(24)26-13-17(25)20-12-16(23(2)3)14-8-6-5-7-9-14/h5-9,15-16H,4,10-13H2,1-3H3,(H,20,25)/t16-/m0/s1. The summed E-state index contributed by atoms with van der Waals surface area (Å²) in [6.07, 6.45) is 2.41. The summed E-state index contributed by atoms with van der Waals surface area (Å²) in [4.78, 5) is 14.4. The highest BCUT2D eigenvalue weighted by atomic mass is 32.2.